The average molecular weight is 747 g/mol. The molecule has 7 aliphatic rings. The number of fused-ring (bicyclic) bond motifs is 2. The lowest BCUT2D eigenvalue weighted by Gasteiger charge is -2.64. The van der Waals surface area contributed by atoms with Gasteiger partial charge in [-0.1, -0.05) is 69.5 Å². The highest BCUT2D eigenvalue weighted by Crippen LogP contribution is 2.65. The topological polar surface area (TPSA) is 136 Å². The van der Waals surface area contributed by atoms with Gasteiger partial charge in [0.05, 0.1) is 24.2 Å². The molecule has 54 heavy (non-hydrogen) atoms. The Morgan fingerprint density at radius 3 is 2.41 bits per heavy atom. The Hall–Kier alpha value is -3.58. The molecular weight excluding hydrogens is 687 g/mol. The molecule has 2 saturated heterocycles. The summed E-state index contributed by atoms with van der Waals surface area (Å²) in [5, 5.41) is 6.05. The second-order valence-electron chi connectivity index (χ2n) is 18.2. The van der Waals surface area contributed by atoms with Crippen LogP contribution < -0.4 is 10.6 Å². The Balaban J connectivity index is 1.12. The van der Waals surface area contributed by atoms with E-state index < -0.39 is 60.5 Å². The van der Waals surface area contributed by atoms with E-state index in [1.165, 1.54) is 4.90 Å². The van der Waals surface area contributed by atoms with E-state index in [0.29, 0.717) is 31.3 Å². The summed E-state index contributed by atoms with van der Waals surface area (Å²) in [5.41, 5.74) is 1.12. The summed E-state index contributed by atoms with van der Waals surface area (Å²) in [6.45, 7) is 13.0. The van der Waals surface area contributed by atoms with Crippen LogP contribution in [0.3, 0.4) is 0 Å². The summed E-state index contributed by atoms with van der Waals surface area (Å²) in [7, 11) is -0.613. The molecule has 0 unspecified atom stereocenters. The van der Waals surface area contributed by atoms with Gasteiger partial charge < -0.3 is 34.3 Å². The lowest BCUT2D eigenvalue weighted by molar-refractivity contribution is -0.199. The third kappa shape index (κ3) is 7.90. The zero-order valence-electron chi connectivity index (χ0n) is 32.9. The molecule has 13 heteroatoms. The van der Waals surface area contributed by atoms with Crippen LogP contribution in [0.15, 0.2) is 36.4 Å². The van der Waals surface area contributed by atoms with Crippen molar-refractivity contribution in [1.29, 1.82) is 0 Å². The molecule has 0 radical (unpaired) electrons. The molecule has 2 N–H and O–H groups in total. The van der Waals surface area contributed by atoms with Crippen molar-refractivity contribution in [3.05, 3.63) is 47.5 Å². The van der Waals surface area contributed by atoms with Crippen LogP contribution in [0.2, 0.25) is 0 Å². The first kappa shape index (κ1) is 38.7. The normalized spacial score (nSPS) is 34.6. The summed E-state index contributed by atoms with van der Waals surface area (Å²) in [4.78, 5) is 58.7. The molecule has 12 nitrogen and oxygen atoms in total. The Labute approximate surface area is 320 Å². The van der Waals surface area contributed by atoms with E-state index in [1.54, 1.807) is 25.7 Å². The Kier molecular flexibility index (Phi) is 10.9. The van der Waals surface area contributed by atoms with Crippen LogP contribution in [0.4, 0.5) is 9.59 Å². The minimum Gasteiger partial charge on any atom is -0.444 e. The van der Waals surface area contributed by atoms with Gasteiger partial charge in [0.25, 0.3) is 0 Å². The number of hydrogen-bond acceptors (Lipinski definition) is 8. The molecule has 4 heterocycles. The largest absolute Gasteiger partial charge is 0.481 e. The molecule has 0 spiro atoms. The quantitative estimate of drug-likeness (QED) is 0.282. The molecule has 5 fully saturated rings. The first-order chi connectivity index (χ1) is 25.6. The third-order valence-electron chi connectivity index (χ3n) is 13.0. The van der Waals surface area contributed by atoms with Crippen molar-refractivity contribution >= 4 is 31.1 Å². The van der Waals surface area contributed by atoms with Crippen molar-refractivity contribution in [2.24, 2.45) is 17.3 Å². The van der Waals surface area contributed by atoms with E-state index in [9.17, 15) is 19.2 Å². The van der Waals surface area contributed by atoms with E-state index in [1.807, 2.05) is 36.4 Å². The van der Waals surface area contributed by atoms with E-state index in [4.69, 9.17) is 18.8 Å². The van der Waals surface area contributed by atoms with E-state index in [-0.39, 0.29) is 36.8 Å². The number of rotatable bonds is 3. The van der Waals surface area contributed by atoms with Crippen LogP contribution in [0.5, 0.6) is 0 Å². The highest BCUT2D eigenvalue weighted by molar-refractivity contribution is 6.48. The summed E-state index contributed by atoms with van der Waals surface area (Å²) in [5.74, 6) is -0.236. The minimum absolute atomic E-state index is 0.0129. The fourth-order valence-electron chi connectivity index (χ4n) is 9.88. The molecule has 8 rings (SSSR count). The molecule has 1 aromatic rings. The highest BCUT2D eigenvalue weighted by atomic mass is 16.7. The van der Waals surface area contributed by atoms with Crippen LogP contribution in [-0.4, -0.2) is 88.9 Å². The molecular formula is C41H59BN4O8. The van der Waals surface area contributed by atoms with Gasteiger partial charge in [0.15, 0.2) is 0 Å². The molecule has 3 saturated carbocycles. The maximum atomic E-state index is 14.5. The number of ether oxygens (including phenoxy) is 2. The SMILES string of the molecule is CC(C)(C)OC(=O)N[C@H]1C/C=C\CCCCCC[C@@H](B2O[C@@H]3C[C@@H]4C[C@H](C4(C)C)[C@]3(C)O2)NC(=O)[C@@H]2C[C@@H](OC(=O)N3Cc4ccccc4C3)CN2C1=O. The Morgan fingerprint density at radius 2 is 1.70 bits per heavy atom. The molecule has 3 aliphatic carbocycles. The summed E-state index contributed by atoms with van der Waals surface area (Å²) in [6.07, 6.45) is 9.85. The Bertz CT molecular complexity index is 1600. The lowest BCUT2D eigenvalue weighted by atomic mass is 9.43. The molecule has 1 aromatic carbocycles. The number of hydrogen-bond donors (Lipinski definition) is 2. The lowest BCUT2D eigenvalue weighted by Crippen LogP contribution is -2.65. The number of carbonyl (C=O) groups is 4. The first-order valence-electron chi connectivity index (χ1n) is 20.2. The molecule has 8 atom stereocenters. The fraction of sp³-hybridized carbons (Fsp3) is 0.707. The van der Waals surface area contributed by atoms with Crippen molar-refractivity contribution in [2.45, 2.75) is 160 Å². The van der Waals surface area contributed by atoms with Gasteiger partial charge in [-0.2, -0.15) is 0 Å². The maximum absolute atomic E-state index is 14.5. The molecule has 0 aromatic heterocycles. The zero-order chi connectivity index (χ0) is 38.4. The van der Waals surface area contributed by atoms with Crippen molar-refractivity contribution in [3.63, 3.8) is 0 Å². The van der Waals surface area contributed by atoms with E-state index in [2.05, 4.69) is 31.4 Å². The predicted octanol–water partition coefficient (Wildman–Crippen LogP) is 6.05. The Morgan fingerprint density at radius 1 is 0.981 bits per heavy atom. The number of allylic oxidation sites excluding steroid dienone is 1. The van der Waals surface area contributed by atoms with Gasteiger partial charge in [-0.25, -0.2) is 9.59 Å². The molecule has 4 amide bonds. The third-order valence-corrected chi connectivity index (χ3v) is 13.0. The average Bonchev–Trinajstić information content (AvgIpc) is 3.83. The summed E-state index contributed by atoms with van der Waals surface area (Å²) in [6, 6.07) is 5.96. The van der Waals surface area contributed by atoms with Crippen LogP contribution in [0.25, 0.3) is 0 Å². The zero-order valence-corrected chi connectivity index (χ0v) is 32.9. The van der Waals surface area contributed by atoms with Gasteiger partial charge >= 0.3 is 19.3 Å². The number of nitrogens with one attached hydrogen (secondary N) is 2. The van der Waals surface area contributed by atoms with Crippen molar-refractivity contribution in [2.75, 3.05) is 6.54 Å². The minimum atomic E-state index is -0.989. The van der Waals surface area contributed by atoms with Gasteiger partial charge in [-0.05, 0) is 94.6 Å². The van der Waals surface area contributed by atoms with Gasteiger partial charge in [-0.15, -0.1) is 0 Å². The predicted molar refractivity (Wildman–Crippen MR) is 203 cm³/mol. The van der Waals surface area contributed by atoms with Gasteiger partial charge in [0, 0.05) is 19.5 Å². The molecule has 294 valence electrons. The van der Waals surface area contributed by atoms with Crippen LogP contribution in [-0.2, 0) is 41.5 Å². The van der Waals surface area contributed by atoms with Crippen molar-refractivity contribution < 1.29 is 38.0 Å². The molecule has 2 bridgehead atoms. The van der Waals surface area contributed by atoms with Crippen molar-refractivity contribution in [3.8, 4) is 0 Å². The monoisotopic (exact) mass is 746 g/mol. The second kappa shape index (κ2) is 15.2. The van der Waals surface area contributed by atoms with E-state index >= 15 is 0 Å². The first-order valence-corrected chi connectivity index (χ1v) is 20.2. The van der Waals surface area contributed by atoms with Gasteiger partial charge in [0.2, 0.25) is 11.8 Å². The summed E-state index contributed by atoms with van der Waals surface area (Å²) >= 11 is 0. The maximum Gasteiger partial charge on any atom is 0.481 e. The standard InChI is InChI=1S/C41H59BN4O8/c1-39(2,3)52-37(49)43-30-18-12-10-8-7-9-11-13-19-34(42-53-33-21-28-20-32(40(28,4)5)41(33,6)54-42)44-35(47)31-22-29(25-46(31)36(30)48)51-38(50)45-23-26-16-14-15-17-27(26)24-45/h10,12,14-17,28-34H,7-9,11,13,18-25H2,1-6H3,(H,43,49)(H,44,47)/b12-10-/t28-,29+,30-,31-,32+,33+,34-,41-/m0/s1. The van der Waals surface area contributed by atoms with E-state index in [0.717, 1.165) is 56.1 Å². The summed E-state index contributed by atoms with van der Waals surface area (Å²) < 4.78 is 25.1. The second-order valence-corrected chi connectivity index (χ2v) is 18.2. The number of amides is 4. The number of carbonyl (C=O) groups excluding carboxylic acids is 4. The number of benzene rings is 1. The van der Waals surface area contributed by atoms with Gasteiger partial charge in [-0.3, -0.25) is 14.5 Å². The van der Waals surface area contributed by atoms with Crippen LogP contribution in [0, 0.1) is 17.3 Å². The number of nitrogens with zero attached hydrogens (tertiary/aromatic N) is 2. The highest BCUT2D eigenvalue weighted by Gasteiger charge is 2.68. The van der Waals surface area contributed by atoms with Crippen LogP contribution in [0.1, 0.15) is 117 Å². The van der Waals surface area contributed by atoms with Crippen LogP contribution >= 0.6 is 0 Å². The number of alkyl carbamates (subject to hydrolysis) is 1. The fourth-order valence-corrected chi connectivity index (χ4v) is 9.88. The smallest absolute Gasteiger partial charge is 0.444 e. The molecule has 4 aliphatic heterocycles. The van der Waals surface area contributed by atoms with Gasteiger partial charge in [0.1, 0.15) is 23.8 Å². The van der Waals surface area contributed by atoms with Crippen molar-refractivity contribution in [1.82, 2.24) is 20.4 Å².